The molecular weight excluding hydrogens is 660 g/mol. The lowest BCUT2D eigenvalue weighted by Crippen LogP contribution is -2.24. The van der Waals surface area contributed by atoms with Crippen LogP contribution in [0, 0.1) is 25.7 Å². The molecule has 264 valence electrons. The minimum Gasteiger partial charge on any atom is -0.504 e. The van der Waals surface area contributed by atoms with Gasteiger partial charge in [0.05, 0.1) is 10.8 Å². The van der Waals surface area contributed by atoms with Gasteiger partial charge in [0.1, 0.15) is 0 Å². The van der Waals surface area contributed by atoms with E-state index in [1.54, 1.807) is 31.2 Å². The Balaban J connectivity index is 0.000000201. The zero-order valence-electron chi connectivity index (χ0n) is 29.3. The minimum absolute atomic E-state index is 0.194. The van der Waals surface area contributed by atoms with E-state index in [0.29, 0.717) is 10.9 Å². The average molecular weight is 699 g/mol. The second kappa shape index (κ2) is 16.4. The molecule has 4 N–H and O–H groups in total. The third-order valence-corrected chi connectivity index (χ3v) is 8.24. The molecule has 0 spiro atoms. The summed E-state index contributed by atoms with van der Waals surface area (Å²) in [5.41, 5.74) is 4.35. The predicted octanol–water partition coefficient (Wildman–Crippen LogP) is 6.80. The molecule has 6 rings (SSSR count). The number of aromatic hydroxyl groups is 2. The van der Waals surface area contributed by atoms with Crippen molar-refractivity contribution in [3.8, 4) is 23.3 Å². The van der Waals surface area contributed by atoms with Crippen molar-refractivity contribution in [2.24, 2.45) is 0 Å². The zero-order valence-corrected chi connectivity index (χ0v) is 29.3. The lowest BCUT2D eigenvalue weighted by molar-refractivity contribution is 0.0907. The van der Waals surface area contributed by atoms with E-state index < -0.39 is 28.8 Å². The van der Waals surface area contributed by atoms with Crippen molar-refractivity contribution in [3.63, 3.8) is 0 Å². The highest BCUT2D eigenvalue weighted by molar-refractivity contribution is 6.01. The van der Waals surface area contributed by atoms with Crippen LogP contribution < -0.4 is 21.9 Å². The molecule has 0 radical (unpaired) electrons. The number of carbonyl (C=O) groups excluding carboxylic acids is 2. The molecule has 52 heavy (non-hydrogen) atoms. The Morgan fingerprint density at radius 2 is 1.08 bits per heavy atom. The second-order valence-electron chi connectivity index (χ2n) is 12.2. The van der Waals surface area contributed by atoms with Crippen LogP contribution in [-0.4, -0.2) is 22.0 Å². The predicted molar refractivity (Wildman–Crippen MR) is 200 cm³/mol. The number of hydrogen-bond acceptors (Lipinski definition) is 8. The summed E-state index contributed by atoms with van der Waals surface area (Å²) >= 11 is 0. The highest BCUT2D eigenvalue weighted by Crippen LogP contribution is 2.29. The van der Waals surface area contributed by atoms with Gasteiger partial charge in [0.15, 0.2) is 11.5 Å². The quantitative estimate of drug-likeness (QED) is 0.126. The zero-order chi connectivity index (χ0) is 37.4. The van der Waals surface area contributed by atoms with Gasteiger partial charge in [-0.3, -0.25) is 9.59 Å². The van der Waals surface area contributed by atoms with Crippen molar-refractivity contribution >= 4 is 33.4 Å². The molecule has 2 amide bonds. The number of fused-ring (bicyclic) bond motifs is 2. The van der Waals surface area contributed by atoms with Crippen LogP contribution in [0.15, 0.2) is 103 Å². The molecule has 0 unspecified atom stereocenters. The first-order valence-corrected chi connectivity index (χ1v) is 16.7. The number of aryl methyl sites for hydroxylation is 3. The van der Waals surface area contributed by atoms with Crippen LogP contribution in [0.25, 0.3) is 21.5 Å². The van der Waals surface area contributed by atoms with E-state index in [2.05, 4.69) is 22.5 Å². The summed E-state index contributed by atoms with van der Waals surface area (Å²) in [5.74, 6) is 2.88. The number of amides is 2. The SMILES string of the molecule is CC#Cc1ccc2c(=O)oc(C(=O)NCc3ccc(C)cc3)c(O)c2c1.CCCc1ccc2c(=O)oc(C(=O)NCc3ccc(C)cc3)c(O)c2c1. The summed E-state index contributed by atoms with van der Waals surface area (Å²) < 4.78 is 10.1. The first kappa shape index (κ1) is 36.7. The van der Waals surface area contributed by atoms with Crippen LogP contribution in [0.1, 0.15) is 74.8 Å². The maximum atomic E-state index is 12.4. The molecule has 10 heteroatoms. The fourth-order valence-electron chi connectivity index (χ4n) is 5.43. The van der Waals surface area contributed by atoms with E-state index in [-0.39, 0.29) is 46.5 Å². The summed E-state index contributed by atoms with van der Waals surface area (Å²) in [6.07, 6.45) is 1.77. The molecular formula is C42H38N2O8. The maximum Gasteiger partial charge on any atom is 0.344 e. The molecule has 4 aromatic carbocycles. The van der Waals surface area contributed by atoms with Crippen LogP contribution in [0.5, 0.6) is 11.5 Å². The third-order valence-electron chi connectivity index (χ3n) is 8.24. The fourth-order valence-corrected chi connectivity index (χ4v) is 5.43. The van der Waals surface area contributed by atoms with Gasteiger partial charge >= 0.3 is 11.3 Å². The van der Waals surface area contributed by atoms with Gasteiger partial charge in [-0.25, -0.2) is 9.59 Å². The summed E-state index contributed by atoms with van der Waals surface area (Å²) in [7, 11) is 0. The molecule has 0 fully saturated rings. The number of rotatable bonds is 8. The van der Waals surface area contributed by atoms with Crippen LogP contribution in [-0.2, 0) is 19.5 Å². The number of hydrogen-bond donors (Lipinski definition) is 4. The molecule has 0 saturated carbocycles. The molecule has 0 atom stereocenters. The Morgan fingerprint density at radius 3 is 1.54 bits per heavy atom. The van der Waals surface area contributed by atoms with Gasteiger partial charge in [-0.05, 0) is 74.2 Å². The Labute approximate surface area is 299 Å². The van der Waals surface area contributed by atoms with E-state index in [1.807, 2.05) is 75.4 Å². The Kier molecular flexibility index (Phi) is 11.6. The first-order valence-electron chi connectivity index (χ1n) is 16.7. The third kappa shape index (κ3) is 8.57. The topological polar surface area (TPSA) is 159 Å². The molecule has 0 aliphatic rings. The molecule has 0 aliphatic heterocycles. The van der Waals surface area contributed by atoms with Crippen LogP contribution in [0.3, 0.4) is 0 Å². The van der Waals surface area contributed by atoms with Crippen molar-refractivity contribution in [2.75, 3.05) is 0 Å². The van der Waals surface area contributed by atoms with Crippen LogP contribution >= 0.6 is 0 Å². The normalized spacial score (nSPS) is 10.5. The minimum atomic E-state index is -0.686. The van der Waals surface area contributed by atoms with E-state index in [9.17, 15) is 29.4 Å². The van der Waals surface area contributed by atoms with Crippen LogP contribution in [0.2, 0.25) is 0 Å². The van der Waals surface area contributed by atoms with Gasteiger partial charge in [-0.1, -0.05) is 85.0 Å². The fraction of sp³-hybridized carbons (Fsp3) is 0.190. The van der Waals surface area contributed by atoms with Crippen molar-refractivity contribution in [3.05, 3.63) is 151 Å². The summed E-state index contributed by atoms with van der Waals surface area (Å²) in [5, 5.41) is 27.3. The smallest absolute Gasteiger partial charge is 0.344 e. The molecule has 2 heterocycles. The summed E-state index contributed by atoms with van der Waals surface area (Å²) in [6, 6.07) is 25.3. The summed E-state index contributed by atoms with van der Waals surface area (Å²) in [4.78, 5) is 49.1. The van der Waals surface area contributed by atoms with E-state index >= 15 is 0 Å². The standard InChI is InChI=1S/C21H21NO4.C21H17NO4/c2*1-3-4-14-9-10-16-17(11-14)18(23)19(26-21(16)25)20(24)22-12-15-7-5-13(2)6-8-15/h5-11,23H,3-4,12H2,1-2H3,(H,22,24);5-11,23H,12H2,1-2H3,(H,22,24). The number of carbonyl (C=O) groups is 2. The molecule has 6 aromatic rings. The van der Waals surface area contributed by atoms with E-state index in [4.69, 9.17) is 8.83 Å². The van der Waals surface area contributed by atoms with Crippen molar-refractivity contribution in [2.45, 2.75) is 53.6 Å². The van der Waals surface area contributed by atoms with Crippen LogP contribution in [0.4, 0.5) is 0 Å². The van der Waals surface area contributed by atoms with Crippen molar-refractivity contribution < 1.29 is 28.6 Å². The molecule has 0 bridgehead atoms. The Bertz CT molecular complexity index is 2450. The highest BCUT2D eigenvalue weighted by Gasteiger charge is 2.21. The lowest BCUT2D eigenvalue weighted by Gasteiger charge is -2.09. The Hall–Kier alpha value is -6.60. The highest BCUT2D eigenvalue weighted by atomic mass is 16.4. The number of nitrogens with one attached hydrogen (secondary N) is 2. The summed E-state index contributed by atoms with van der Waals surface area (Å²) in [6.45, 7) is 8.22. The van der Waals surface area contributed by atoms with Crippen molar-refractivity contribution in [1.82, 2.24) is 10.6 Å². The number of benzene rings is 4. The molecule has 2 aromatic heterocycles. The lowest BCUT2D eigenvalue weighted by atomic mass is 10.0. The van der Waals surface area contributed by atoms with Gasteiger partial charge in [0, 0.05) is 29.4 Å². The molecule has 0 aliphatic carbocycles. The molecule has 10 nitrogen and oxygen atoms in total. The van der Waals surface area contributed by atoms with Gasteiger partial charge in [-0.15, -0.1) is 5.92 Å². The van der Waals surface area contributed by atoms with Gasteiger partial charge in [-0.2, -0.15) is 0 Å². The van der Waals surface area contributed by atoms with Gasteiger partial charge < -0.3 is 29.7 Å². The monoisotopic (exact) mass is 698 g/mol. The van der Waals surface area contributed by atoms with E-state index in [1.165, 1.54) is 6.07 Å². The average Bonchev–Trinajstić information content (AvgIpc) is 3.14. The molecule has 0 saturated heterocycles. The maximum absolute atomic E-state index is 12.4. The second-order valence-corrected chi connectivity index (χ2v) is 12.2. The van der Waals surface area contributed by atoms with Gasteiger partial charge in [0.25, 0.3) is 11.8 Å². The Morgan fingerprint density at radius 1 is 0.635 bits per heavy atom. The largest absolute Gasteiger partial charge is 0.504 e. The first-order chi connectivity index (χ1) is 25.0. The van der Waals surface area contributed by atoms with Gasteiger partial charge in [0.2, 0.25) is 11.5 Å². The van der Waals surface area contributed by atoms with E-state index in [0.717, 1.165) is 40.7 Å². The van der Waals surface area contributed by atoms with Crippen molar-refractivity contribution in [1.29, 1.82) is 0 Å².